The van der Waals surface area contributed by atoms with Gasteiger partial charge >= 0.3 is 0 Å². The van der Waals surface area contributed by atoms with Gasteiger partial charge in [-0.15, -0.1) is 0 Å². The number of amides is 2. The third-order valence-corrected chi connectivity index (χ3v) is 7.03. The Morgan fingerprint density at radius 1 is 0.824 bits per heavy atom. The van der Waals surface area contributed by atoms with Crippen molar-refractivity contribution < 1.29 is 18.8 Å². The normalized spacial score (nSPS) is 22.0. The number of imide groups is 1. The number of carbonyl (C=O) groups is 2. The van der Waals surface area contributed by atoms with E-state index in [1.54, 1.807) is 23.3 Å². The lowest BCUT2D eigenvalue weighted by atomic mass is 9.90. The fourth-order valence-electron chi connectivity index (χ4n) is 4.89. The lowest BCUT2D eigenvalue weighted by molar-refractivity contribution is -0.126. The third-order valence-electron chi connectivity index (χ3n) is 6.42. The molecule has 7 heteroatoms. The minimum Gasteiger partial charge on any atom is -0.273 e. The Morgan fingerprint density at radius 3 is 2.35 bits per heavy atom. The molecular weight excluding hydrogens is 499 g/mol. The number of para-hydroxylation sites is 1. The van der Waals surface area contributed by atoms with Gasteiger partial charge in [-0.05, 0) is 57.2 Å². The number of hydrogen-bond donors (Lipinski definition) is 0. The van der Waals surface area contributed by atoms with Crippen LogP contribution in [-0.2, 0) is 14.4 Å². The smallest absolute Gasteiger partial charge is 0.266 e. The zero-order valence-corrected chi connectivity index (χ0v) is 19.4. The summed E-state index contributed by atoms with van der Waals surface area (Å²) in [7, 11) is 0. The summed E-state index contributed by atoms with van der Waals surface area (Å²) in [5, 5.41) is 3.35. The van der Waals surface area contributed by atoms with Crippen molar-refractivity contribution in [3.63, 3.8) is 0 Å². The van der Waals surface area contributed by atoms with Gasteiger partial charge in [0, 0.05) is 5.39 Å². The van der Waals surface area contributed by atoms with E-state index in [4.69, 9.17) is 4.84 Å². The summed E-state index contributed by atoms with van der Waals surface area (Å²) in [6.45, 7) is 0. The molecule has 2 aliphatic rings. The van der Waals surface area contributed by atoms with E-state index < -0.39 is 29.8 Å². The summed E-state index contributed by atoms with van der Waals surface area (Å²) in [4.78, 5) is 34.9. The van der Waals surface area contributed by atoms with Crippen LogP contribution < -0.4 is 9.96 Å². The molecule has 34 heavy (non-hydrogen) atoms. The topological polar surface area (TPSA) is 49.9 Å². The minimum atomic E-state index is -0.986. The average Bonchev–Trinajstić information content (AvgIpc) is 3.37. The van der Waals surface area contributed by atoms with Crippen molar-refractivity contribution in [3.8, 4) is 0 Å². The molecule has 3 atom stereocenters. The van der Waals surface area contributed by atoms with Gasteiger partial charge in [-0.25, -0.2) is 14.4 Å². The summed E-state index contributed by atoms with van der Waals surface area (Å²) in [6, 6.07) is 26.5. The van der Waals surface area contributed by atoms with E-state index in [0.29, 0.717) is 16.9 Å². The van der Waals surface area contributed by atoms with E-state index in [-0.39, 0.29) is 10.4 Å². The largest absolute Gasteiger partial charge is 0.273 e. The molecule has 2 amide bonds. The van der Waals surface area contributed by atoms with Gasteiger partial charge in [0.05, 0.1) is 21.9 Å². The van der Waals surface area contributed by atoms with E-state index in [2.05, 4.69) is 15.9 Å². The van der Waals surface area contributed by atoms with Gasteiger partial charge < -0.3 is 0 Å². The number of fused-ring (bicyclic) bond motifs is 2. The molecule has 0 spiro atoms. The Kier molecular flexibility index (Phi) is 4.97. The van der Waals surface area contributed by atoms with Gasteiger partial charge in [-0.3, -0.25) is 14.4 Å². The Hall–Kier alpha value is -3.55. The number of nitrogens with zero attached hydrogens (tertiary/aromatic N) is 2. The van der Waals surface area contributed by atoms with Crippen LogP contribution in [0.15, 0.2) is 95.5 Å². The van der Waals surface area contributed by atoms with Gasteiger partial charge in [0.25, 0.3) is 5.91 Å². The SMILES string of the molecule is O=C1[C@H]2[C@@H](c3ccc(F)c(Br)c3)N(c3ccccc3)O[C@H]2C(=O)N1c1cccc2ccccc12. The Bertz CT molecular complexity index is 1440. The minimum absolute atomic E-state index is 0.282. The molecule has 4 aromatic rings. The Labute approximate surface area is 203 Å². The highest BCUT2D eigenvalue weighted by Crippen LogP contribution is 2.48. The van der Waals surface area contributed by atoms with Crippen molar-refractivity contribution >= 4 is 49.9 Å². The highest BCUT2D eigenvalue weighted by Gasteiger charge is 2.60. The molecule has 0 saturated carbocycles. The van der Waals surface area contributed by atoms with Crippen LogP contribution in [0.5, 0.6) is 0 Å². The lowest BCUT2D eigenvalue weighted by Gasteiger charge is -2.29. The average molecular weight is 517 g/mol. The molecule has 0 bridgehead atoms. The van der Waals surface area contributed by atoms with Crippen molar-refractivity contribution in [1.82, 2.24) is 0 Å². The molecule has 6 rings (SSSR count). The summed E-state index contributed by atoms with van der Waals surface area (Å²) < 4.78 is 14.3. The van der Waals surface area contributed by atoms with Gasteiger partial charge in [0.1, 0.15) is 11.7 Å². The second-order valence-electron chi connectivity index (χ2n) is 8.34. The summed E-state index contributed by atoms with van der Waals surface area (Å²) in [6.07, 6.45) is -0.986. The van der Waals surface area contributed by atoms with Gasteiger partial charge in [0.2, 0.25) is 5.91 Å². The van der Waals surface area contributed by atoms with Crippen molar-refractivity contribution in [2.24, 2.45) is 5.92 Å². The molecule has 0 aromatic heterocycles. The zero-order chi connectivity index (χ0) is 23.4. The second kappa shape index (κ2) is 8.04. The first kappa shape index (κ1) is 21.0. The van der Waals surface area contributed by atoms with Gasteiger partial charge in [0.15, 0.2) is 6.10 Å². The number of benzene rings is 4. The molecular formula is C27H18BrFN2O3. The third kappa shape index (κ3) is 3.15. The molecule has 0 radical (unpaired) electrons. The van der Waals surface area contributed by atoms with Crippen LogP contribution in [0.2, 0.25) is 0 Å². The van der Waals surface area contributed by atoms with E-state index in [1.807, 2.05) is 66.7 Å². The highest BCUT2D eigenvalue weighted by atomic mass is 79.9. The standard InChI is InChI=1S/C27H18BrFN2O3/c28-20-15-17(13-14-21(20)29)24-23-25(34-31(24)18-9-2-1-3-10-18)27(33)30(26(23)32)22-12-6-8-16-7-4-5-11-19(16)22/h1-15,23-25H/t23-,24+,25+/m0/s1. The Morgan fingerprint density at radius 2 is 1.56 bits per heavy atom. The molecule has 4 aromatic carbocycles. The molecule has 168 valence electrons. The van der Waals surface area contributed by atoms with Crippen LogP contribution in [-0.4, -0.2) is 17.9 Å². The molecule has 2 aliphatic heterocycles. The molecule has 2 saturated heterocycles. The predicted octanol–water partition coefficient (Wildman–Crippen LogP) is 5.79. The van der Waals surface area contributed by atoms with Crippen molar-refractivity contribution in [2.75, 3.05) is 9.96 Å². The number of hydrogen-bond acceptors (Lipinski definition) is 4. The fraction of sp³-hybridized carbons (Fsp3) is 0.111. The quantitative estimate of drug-likeness (QED) is 0.323. The molecule has 2 heterocycles. The first-order valence-corrected chi connectivity index (χ1v) is 11.7. The first-order valence-electron chi connectivity index (χ1n) is 10.9. The Balaban J connectivity index is 1.48. The van der Waals surface area contributed by atoms with Gasteiger partial charge in [-0.1, -0.05) is 60.7 Å². The van der Waals surface area contributed by atoms with Crippen molar-refractivity contribution in [1.29, 1.82) is 0 Å². The molecule has 0 unspecified atom stereocenters. The fourth-order valence-corrected chi connectivity index (χ4v) is 5.29. The zero-order valence-electron chi connectivity index (χ0n) is 17.8. The van der Waals surface area contributed by atoms with Crippen LogP contribution in [0.25, 0.3) is 10.8 Å². The van der Waals surface area contributed by atoms with Crippen LogP contribution in [0.3, 0.4) is 0 Å². The molecule has 2 fully saturated rings. The van der Waals surface area contributed by atoms with Crippen LogP contribution in [0, 0.1) is 11.7 Å². The van der Waals surface area contributed by atoms with E-state index in [9.17, 15) is 14.0 Å². The maximum atomic E-state index is 14.0. The second-order valence-corrected chi connectivity index (χ2v) is 9.20. The maximum Gasteiger partial charge on any atom is 0.266 e. The van der Waals surface area contributed by atoms with Crippen LogP contribution in [0.4, 0.5) is 15.8 Å². The highest BCUT2D eigenvalue weighted by molar-refractivity contribution is 9.10. The number of hydroxylamine groups is 1. The first-order chi connectivity index (χ1) is 16.5. The summed E-state index contributed by atoms with van der Waals surface area (Å²) in [5.41, 5.74) is 1.92. The molecule has 0 aliphatic carbocycles. The molecule has 5 nitrogen and oxygen atoms in total. The summed E-state index contributed by atoms with van der Waals surface area (Å²) >= 11 is 3.25. The predicted molar refractivity (Wildman–Crippen MR) is 131 cm³/mol. The summed E-state index contributed by atoms with van der Waals surface area (Å²) in [5.74, 6) is -1.94. The van der Waals surface area contributed by atoms with Crippen molar-refractivity contribution in [3.05, 3.63) is 107 Å². The van der Waals surface area contributed by atoms with Crippen LogP contribution in [0.1, 0.15) is 11.6 Å². The maximum absolute atomic E-state index is 14.0. The number of rotatable bonds is 3. The molecule has 0 N–H and O–H groups in total. The van der Waals surface area contributed by atoms with Crippen molar-refractivity contribution in [2.45, 2.75) is 12.1 Å². The number of anilines is 2. The van der Waals surface area contributed by atoms with E-state index >= 15 is 0 Å². The van der Waals surface area contributed by atoms with Gasteiger partial charge in [-0.2, -0.15) is 0 Å². The van der Waals surface area contributed by atoms with E-state index in [0.717, 1.165) is 10.8 Å². The van der Waals surface area contributed by atoms with E-state index in [1.165, 1.54) is 11.0 Å². The lowest BCUT2D eigenvalue weighted by Crippen LogP contribution is -2.37. The monoisotopic (exact) mass is 516 g/mol. The number of halogens is 2. The number of carbonyl (C=O) groups excluding carboxylic acids is 2. The van der Waals surface area contributed by atoms with Crippen LogP contribution >= 0.6 is 15.9 Å².